The maximum atomic E-state index is 12.9. The fourth-order valence-corrected chi connectivity index (χ4v) is 6.20. The predicted octanol–water partition coefficient (Wildman–Crippen LogP) is 2.68. The van der Waals surface area contributed by atoms with E-state index >= 15 is 0 Å². The Morgan fingerprint density at radius 1 is 1.22 bits per heavy atom. The van der Waals surface area contributed by atoms with Gasteiger partial charge in [-0.15, -0.1) is 0 Å². The van der Waals surface area contributed by atoms with Gasteiger partial charge in [-0.2, -0.15) is 0 Å². The van der Waals surface area contributed by atoms with Crippen LogP contribution in [0, 0.1) is 11.3 Å². The summed E-state index contributed by atoms with van der Waals surface area (Å²) in [5.41, 5.74) is -0.273. The fraction of sp³-hybridized carbons (Fsp3) is 0.579. The topological polar surface area (TPSA) is 37.4 Å². The van der Waals surface area contributed by atoms with Gasteiger partial charge >= 0.3 is 146 Å². The second kappa shape index (κ2) is 7.63. The summed E-state index contributed by atoms with van der Waals surface area (Å²) in [6.07, 6.45) is 1.45. The first-order valence-electron chi connectivity index (χ1n) is 8.45. The van der Waals surface area contributed by atoms with Crippen LogP contribution in [0.1, 0.15) is 40.5 Å². The Balaban J connectivity index is 2.24. The van der Waals surface area contributed by atoms with Crippen molar-refractivity contribution < 1.29 is 9.59 Å². The number of Topliss-reactive ketones (excluding diaryl/α,β-unsaturated/α-hetero) is 1. The number of hydrogen-bond donors (Lipinski definition) is 0. The minimum absolute atomic E-state index is 0.0264. The van der Waals surface area contributed by atoms with Crippen LogP contribution in [0.25, 0.3) is 0 Å². The van der Waals surface area contributed by atoms with Crippen LogP contribution in [-0.2, 0) is 9.59 Å². The zero-order valence-corrected chi connectivity index (χ0v) is 16.3. The molecule has 1 aromatic rings. The van der Waals surface area contributed by atoms with Crippen LogP contribution < -0.4 is 4.46 Å². The Morgan fingerprint density at radius 3 is 2.39 bits per heavy atom. The molecule has 126 valence electrons. The maximum absolute atomic E-state index is 12.9. The number of nitrogens with zero attached hydrogens (tertiary/aromatic N) is 1. The van der Waals surface area contributed by atoms with Gasteiger partial charge in [-0.1, -0.05) is 0 Å². The van der Waals surface area contributed by atoms with Crippen LogP contribution >= 0.6 is 0 Å². The minimum atomic E-state index is -0.480. The van der Waals surface area contributed by atoms with E-state index < -0.39 is 5.92 Å². The van der Waals surface area contributed by atoms with Crippen LogP contribution in [0.4, 0.5) is 0 Å². The summed E-state index contributed by atoms with van der Waals surface area (Å²) in [6, 6.07) is 10.5. The van der Waals surface area contributed by atoms with Gasteiger partial charge in [-0.25, -0.2) is 0 Å². The first kappa shape index (κ1) is 18.2. The Hall–Kier alpha value is -1.12. The molecule has 3 nitrogen and oxygen atoms in total. The van der Waals surface area contributed by atoms with Crippen LogP contribution in [-0.4, -0.2) is 44.6 Å². The number of benzene rings is 1. The van der Waals surface area contributed by atoms with E-state index in [1.165, 1.54) is 4.46 Å². The molecule has 23 heavy (non-hydrogen) atoms. The Kier molecular flexibility index (Phi) is 6.05. The number of hydrogen-bond acceptors (Lipinski definition) is 2. The van der Waals surface area contributed by atoms with Crippen LogP contribution in [0.3, 0.4) is 0 Å². The summed E-state index contributed by atoms with van der Waals surface area (Å²) in [5.74, 6) is -0.322. The molecule has 1 aliphatic rings. The Bertz CT molecular complexity index is 552. The molecule has 1 aromatic carbocycles. The molecule has 0 spiro atoms. The third-order valence-electron chi connectivity index (χ3n) is 4.89. The molecule has 0 aromatic heterocycles. The predicted molar refractivity (Wildman–Crippen MR) is 95.0 cm³/mol. The number of carbonyl (C=O) groups is 2. The quantitative estimate of drug-likeness (QED) is 0.582. The van der Waals surface area contributed by atoms with Crippen molar-refractivity contribution in [3.05, 3.63) is 30.3 Å². The number of carbonyl (C=O) groups excluding carboxylic acids is 2. The molecule has 1 fully saturated rings. The average molecular weight is 380 g/mol. The number of ketones is 1. The van der Waals surface area contributed by atoms with E-state index in [4.69, 9.17) is 0 Å². The summed E-state index contributed by atoms with van der Waals surface area (Å²) < 4.78 is 1.35. The molecule has 1 amide bonds. The Morgan fingerprint density at radius 2 is 1.83 bits per heavy atom. The van der Waals surface area contributed by atoms with Crippen LogP contribution in [0.2, 0.25) is 4.82 Å². The zero-order valence-electron chi connectivity index (χ0n) is 14.5. The number of rotatable bonds is 5. The van der Waals surface area contributed by atoms with Crippen molar-refractivity contribution in [2.24, 2.45) is 11.3 Å². The summed E-state index contributed by atoms with van der Waals surface area (Å²) in [5, 5.41) is 0. The molecule has 0 saturated heterocycles. The van der Waals surface area contributed by atoms with E-state index in [0.717, 1.165) is 6.42 Å². The molecule has 2 unspecified atom stereocenters. The SMILES string of the molecule is CCN(CC)C(=O)C1C(=O)CCC([Se]c2ccccc2)C1(C)C. The van der Waals surface area contributed by atoms with Gasteiger partial charge < -0.3 is 0 Å². The van der Waals surface area contributed by atoms with E-state index in [1.807, 2.05) is 24.8 Å². The van der Waals surface area contributed by atoms with E-state index in [2.05, 4.69) is 38.1 Å². The van der Waals surface area contributed by atoms with Gasteiger partial charge in [-0.05, 0) is 0 Å². The van der Waals surface area contributed by atoms with E-state index in [-0.39, 0.29) is 32.1 Å². The second-order valence-corrected chi connectivity index (χ2v) is 9.37. The average Bonchev–Trinajstić information content (AvgIpc) is 2.52. The first-order valence-corrected chi connectivity index (χ1v) is 10.3. The van der Waals surface area contributed by atoms with Crippen molar-refractivity contribution in [3.63, 3.8) is 0 Å². The normalized spacial score (nSPS) is 23.6. The first-order chi connectivity index (χ1) is 10.9. The zero-order chi connectivity index (χ0) is 17.0. The van der Waals surface area contributed by atoms with Gasteiger partial charge in [0.25, 0.3) is 0 Å². The van der Waals surface area contributed by atoms with Crippen LogP contribution in [0.15, 0.2) is 30.3 Å². The van der Waals surface area contributed by atoms with Crippen molar-refractivity contribution in [2.45, 2.75) is 45.4 Å². The summed E-state index contributed by atoms with van der Waals surface area (Å²) in [4.78, 5) is 27.7. The van der Waals surface area contributed by atoms with Gasteiger partial charge in [0.2, 0.25) is 0 Å². The van der Waals surface area contributed by atoms with Gasteiger partial charge in [0.1, 0.15) is 0 Å². The molecule has 0 aliphatic heterocycles. The van der Waals surface area contributed by atoms with E-state index in [1.54, 1.807) is 0 Å². The summed E-state index contributed by atoms with van der Waals surface area (Å²) in [6.45, 7) is 9.53. The second-order valence-electron chi connectivity index (χ2n) is 6.69. The molecular weight excluding hydrogens is 353 g/mol. The number of amides is 1. The van der Waals surface area contributed by atoms with Crippen molar-refractivity contribution in [2.75, 3.05) is 13.1 Å². The van der Waals surface area contributed by atoms with Gasteiger partial charge in [0.15, 0.2) is 0 Å². The van der Waals surface area contributed by atoms with Gasteiger partial charge in [0.05, 0.1) is 0 Å². The standard InChI is InChI=1S/C19H27NO2Se/c1-5-20(6-2)18(22)17-15(21)12-13-16(19(17,3)4)23-14-10-8-7-9-11-14/h7-11,16-17H,5-6,12-13H2,1-4H3. The third-order valence-corrected chi connectivity index (χ3v) is 8.40. The van der Waals surface area contributed by atoms with E-state index in [9.17, 15) is 9.59 Å². The molecule has 4 heteroatoms. The van der Waals surface area contributed by atoms with Crippen molar-refractivity contribution in [1.82, 2.24) is 4.90 Å². The van der Waals surface area contributed by atoms with Crippen molar-refractivity contribution >= 4 is 31.1 Å². The Labute approximate surface area is 146 Å². The van der Waals surface area contributed by atoms with Crippen LogP contribution in [0.5, 0.6) is 0 Å². The molecule has 0 radical (unpaired) electrons. The monoisotopic (exact) mass is 381 g/mol. The molecule has 0 heterocycles. The molecule has 1 saturated carbocycles. The van der Waals surface area contributed by atoms with Crippen molar-refractivity contribution in [3.8, 4) is 0 Å². The van der Waals surface area contributed by atoms with Gasteiger partial charge in [0, 0.05) is 0 Å². The molecule has 2 rings (SSSR count). The molecular formula is C19H27NO2Se. The summed E-state index contributed by atoms with van der Waals surface area (Å²) >= 11 is 0.285. The molecule has 0 bridgehead atoms. The molecule has 0 N–H and O–H groups in total. The molecule has 2 atom stereocenters. The van der Waals surface area contributed by atoms with E-state index in [0.29, 0.717) is 24.3 Å². The third kappa shape index (κ3) is 3.87. The summed E-state index contributed by atoms with van der Waals surface area (Å²) in [7, 11) is 0. The van der Waals surface area contributed by atoms with Crippen molar-refractivity contribution in [1.29, 1.82) is 0 Å². The van der Waals surface area contributed by atoms with Gasteiger partial charge in [-0.3, -0.25) is 0 Å². The molecule has 1 aliphatic carbocycles. The fourth-order valence-electron chi connectivity index (χ4n) is 3.44.